The summed E-state index contributed by atoms with van der Waals surface area (Å²) in [6.45, 7) is 0. The van der Waals surface area contributed by atoms with Crippen molar-refractivity contribution in [2.24, 2.45) is 0 Å². The molecule has 0 atom stereocenters. The topological polar surface area (TPSA) is 31.5 Å². The summed E-state index contributed by atoms with van der Waals surface area (Å²) in [4.78, 5) is 0. The molecule has 0 saturated carbocycles. The third kappa shape index (κ3) is 3.88. The van der Waals surface area contributed by atoms with Gasteiger partial charge in [0.1, 0.15) is 6.42 Å². The van der Waals surface area contributed by atoms with Crippen LogP contribution in [-0.4, -0.2) is 16.8 Å². The summed E-state index contributed by atoms with van der Waals surface area (Å²) in [5, 5.41) is 8.40. The smallest absolute Gasteiger partial charge is 0.434 e. The highest BCUT2D eigenvalue weighted by atomic mass is 32.1. The van der Waals surface area contributed by atoms with Crippen LogP contribution in [0.2, 0.25) is 0 Å². The number of aliphatic hydroxyl groups excluding tert-OH is 1. The third-order valence-electron chi connectivity index (χ3n) is 0.422. The van der Waals surface area contributed by atoms with Crippen LogP contribution >= 0.6 is 12.6 Å². The number of hydrogen-bond acceptors (Lipinski definition) is 2. The fourth-order valence-corrected chi connectivity index (χ4v) is 0.412. The SMILES string of the molecule is OC(CCS)=[O+][S-]. The Labute approximate surface area is 53.3 Å². The largest absolute Gasteiger partial charge is 0.467 e. The van der Waals surface area contributed by atoms with Crippen molar-refractivity contribution in [2.75, 3.05) is 5.75 Å². The van der Waals surface area contributed by atoms with Gasteiger partial charge in [0.25, 0.3) is 0 Å². The minimum Gasteiger partial charge on any atom is -0.434 e. The number of thiol groups is 1. The van der Waals surface area contributed by atoms with Gasteiger partial charge in [0.2, 0.25) is 0 Å². The third-order valence-corrected chi connectivity index (χ3v) is 0.838. The zero-order chi connectivity index (χ0) is 5.70. The molecule has 0 saturated heterocycles. The van der Waals surface area contributed by atoms with Crippen molar-refractivity contribution >= 4 is 31.5 Å². The molecule has 0 aromatic heterocycles. The molecule has 0 aromatic rings. The van der Waals surface area contributed by atoms with Gasteiger partial charge < -0.3 is 21.9 Å². The van der Waals surface area contributed by atoms with Crippen molar-refractivity contribution in [1.29, 1.82) is 0 Å². The lowest BCUT2D eigenvalue weighted by atomic mass is 10.5. The summed E-state index contributed by atoms with van der Waals surface area (Å²) < 4.78 is 4.00. The van der Waals surface area contributed by atoms with E-state index in [0.717, 1.165) is 0 Å². The maximum atomic E-state index is 8.40. The van der Waals surface area contributed by atoms with Crippen molar-refractivity contribution in [1.82, 2.24) is 0 Å². The number of carboxylic acid groups (broad SMARTS) is 1. The molecule has 2 nitrogen and oxygen atoms in total. The van der Waals surface area contributed by atoms with Gasteiger partial charge in [-0.05, 0) is 0 Å². The maximum absolute atomic E-state index is 8.40. The van der Waals surface area contributed by atoms with Crippen LogP contribution in [-0.2, 0) is 16.8 Å². The summed E-state index contributed by atoms with van der Waals surface area (Å²) in [6, 6.07) is 0. The average Bonchev–Trinajstić information content (AvgIpc) is 1.68. The molecule has 0 heterocycles. The van der Waals surface area contributed by atoms with Gasteiger partial charge in [-0.3, -0.25) is 0 Å². The normalized spacial score (nSPS) is 11.9. The van der Waals surface area contributed by atoms with Crippen LogP contribution in [0, 0.1) is 0 Å². The van der Waals surface area contributed by atoms with Gasteiger partial charge in [-0.2, -0.15) is 12.6 Å². The molecule has 42 valence electrons. The lowest BCUT2D eigenvalue weighted by Gasteiger charge is -1.82. The number of aliphatic carboxylic acids is 1. The van der Waals surface area contributed by atoms with Gasteiger partial charge >= 0.3 is 5.97 Å². The molecule has 0 radical (unpaired) electrons. The molecule has 0 amide bonds. The van der Waals surface area contributed by atoms with E-state index < -0.39 is 0 Å². The first-order valence-corrected chi connectivity index (χ1v) is 2.73. The predicted octanol–water partition coefficient (Wildman–Crippen LogP) is 0.388. The molecule has 0 unspecified atom stereocenters. The zero-order valence-electron chi connectivity index (χ0n) is 3.63. The number of hydrogen-bond donors (Lipinski definition) is 2. The summed E-state index contributed by atoms with van der Waals surface area (Å²) >= 11 is 7.83. The van der Waals surface area contributed by atoms with Crippen LogP contribution in [0.4, 0.5) is 0 Å². The Kier molecular flexibility index (Phi) is 4.23. The minimum absolute atomic E-state index is 0.134. The predicted molar refractivity (Wildman–Crippen MR) is 33.5 cm³/mol. The molecule has 0 rings (SSSR count). The highest BCUT2D eigenvalue weighted by molar-refractivity contribution is 7.80. The van der Waals surface area contributed by atoms with Gasteiger partial charge in [-0.15, -0.1) is 0 Å². The molecular formula is C3H6O2S2. The molecule has 0 aromatic carbocycles. The fraction of sp³-hybridized carbons (Fsp3) is 0.667. The van der Waals surface area contributed by atoms with E-state index in [9.17, 15) is 0 Å². The van der Waals surface area contributed by atoms with E-state index >= 15 is 0 Å². The van der Waals surface area contributed by atoms with Gasteiger partial charge in [0.05, 0.1) is 0 Å². The monoisotopic (exact) mass is 138 g/mol. The quantitative estimate of drug-likeness (QED) is 0.328. The van der Waals surface area contributed by atoms with Gasteiger partial charge in [0, 0.05) is 5.75 Å². The molecule has 0 bridgehead atoms. The molecule has 4 heteroatoms. The van der Waals surface area contributed by atoms with Crippen LogP contribution < -0.4 is 0 Å². The van der Waals surface area contributed by atoms with Crippen molar-refractivity contribution in [2.45, 2.75) is 6.42 Å². The summed E-state index contributed by atoms with van der Waals surface area (Å²) in [6.07, 6.45) is 0.409. The second-order valence-corrected chi connectivity index (χ2v) is 1.56. The van der Waals surface area contributed by atoms with Gasteiger partial charge in [0.15, 0.2) is 0 Å². The Bertz CT molecular complexity index is 71.3. The molecule has 0 aliphatic carbocycles. The summed E-state index contributed by atoms with van der Waals surface area (Å²) in [7, 11) is 0. The van der Waals surface area contributed by atoms with Crippen molar-refractivity contribution in [3.63, 3.8) is 0 Å². The molecule has 0 fully saturated rings. The van der Waals surface area contributed by atoms with E-state index in [1.54, 1.807) is 0 Å². The van der Waals surface area contributed by atoms with E-state index in [-0.39, 0.29) is 5.97 Å². The Balaban J connectivity index is 3.17. The van der Waals surface area contributed by atoms with Crippen LogP contribution in [0.15, 0.2) is 0 Å². The minimum atomic E-state index is -0.134. The first kappa shape index (κ1) is 7.04. The van der Waals surface area contributed by atoms with Crippen molar-refractivity contribution in [3.05, 3.63) is 0 Å². The van der Waals surface area contributed by atoms with Crippen LogP contribution in [0.1, 0.15) is 6.42 Å². The second-order valence-electron chi connectivity index (χ2n) is 0.951. The van der Waals surface area contributed by atoms with E-state index in [1.165, 1.54) is 0 Å². The average molecular weight is 138 g/mol. The maximum Gasteiger partial charge on any atom is 0.467 e. The lowest BCUT2D eigenvalue weighted by molar-refractivity contribution is -0.258. The summed E-state index contributed by atoms with van der Waals surface area (Å²) in [5.74, 6) is 0.424. The Morgan fingerprint density at radius 2 is 2.43 bits per heavy atom. The molecule has 0 aliphatic heterocycles. The Hall–Kier alpha value is 0.0400. The summed E-state index contributed by atoms with van der Waals surface area (Å²) in [5.41, 5.74) is 0. The number of rotatable bonds is 2. The van der Waals surface area contributed by atoms with Gasteiger partial charge in [-0.25, -0.2) is 0 Å². The first-order chi connectivity index (χ1) is 3.31. The lowest BCUT2D eigenvalue weighted by Crippen LogP contribution is -1.97. The molecule has 1 N–H and O–H groups in total. The van der Waals surface area contributed by atoms with Crippen LogP contribution in [0.3, 0.4) is 0 Å². The highest BCUT2D eigenvalue weighted by Crippen LogP contribution is 1.81. The first-order valence-electron chi connectivity index (χ1n) is 1.76. The second kappa shape index (κ2) is 4.21. The molecule has 0 spiro atoms. The van der Waals surface area contributed by atoms with Crippen LogP contribution in [0.25, 0.3) is 0 Å². The van der Waals surface area contributed by atoms with E-state index in [0.29, 0.717) is 12.2 Å². The fourth-order valence-electron chi connectivity index (χ4n) is 0.137. The van der Waals surface area contributed by atoms with E-state index in [2.05, 4.69) is 29.4 Å². The standard InChI is InChI=1S/C3H6O2S2/c4-3(5-7)1-2-6/h4,6H,1-2H2. The van der Waals surface area contributed by atoms with E-state index in [1.807, 2.05) is 0 Å². The Morgan fingerprint density at radius 1 is 1.86 bits per heavy atom. The molecular weight excluding hydrogens is 132 g/mol. The molecule has 0 aliphatic rings. The van der Waals surface area contributed by atoms with Gasteiger partial charge in [-0.1, -0.05) is 0 Å². The number of carboxylic acids is 1. The van der Waals surface area contributed by atoms with Crippen LogP contribution in [0.5, 0.6) is 0 Å². The highest BCUT2D eigenvalue weighted by Gasteiger charge is 1.98. The molecule has 7 heavy (non-hydrogen) atoms. The Morgan fingerprint density at radius 3 is 2.57 bits per heavy atom. The van der Waals surface area contributed by atoms with Crippen molar-refractivity contribution in [3.8, 4) is 0 Å². The zero-order valence-corrected chi connectivity index (χ0v) is 5.34. The van der Waals surface area contributed by atoms with E-state index in [4.69, 9.17) is 5.11 Å². The van der Waals surface area contributed by atoms with Crippen molar-refractivity contribution < 1.29 is 8.98 Å².